The molecule has 1 aromatic carbocycles. The smallest absolute Gasteiger partial charge is 0.280 e. The van der Waals surface area contributed by atoms with Crippen LogP contribution in [0, 0.1) is 0 Å². The first-order valence-electron chi connectivity index (χ1n) is 6.63. The van der Waals surface area contributed by atoms with Crippen molar-refractivity contribution < 1.29 is 0 Å². The highest BCUT2D eigenvalue weighted by Crippen LogP contribution is 2.30. The van der Waals surface area contributed by atoms with Crippen LogP contribution in [0.2, 0.25) is 0 Å². The molecule has 4 nitrogen and oxygen atoms in total. The number of nitrogens with one attached hydrogen (secondary N) is 1. The van der Waals surface area contributed by atoms with E-state index in [0.29, 0.717) is 5.56 Å². The molecule has 2 atom stereocenters. The highest BCUT2D eigenvalue weighted by atomic mass is 16.1. The molecule has 1 aliphatic carbocycles. The number of allylic oxidation sites excluding steroid dienone is 2. The Bertz CT molecular complexity index is 793. The van der Waals surface area contributed by atoms with Crippen LogP contribution < -0.4 is 5.56 Å². The van der Waals surface area contributed by atoms with Crippen LogP contribution in [-0.2, 0) is 0 Å². The van der Waals surface area contributed by atoms with Crippen LogP contribution in [-0.4, -0.2) is 22.0 Å². The van der Waals surface area contributed by atoms with Crippen molar-refractivity contribution >= 4 is 6.21 Å². The van der Waals surface area contributed by atoms with Gasteiger partial charge >= 0.3 is 0 Å². The molecule has 0 fully saturated rings. The van der Waals surface area contributed by atoms with E-state index >= 15 is 0 Å². The summed E-state index contributed by atoms with van der Waals surface area (Å²) in [5.74, 6) is 0.123. The lowest BCUT2D eigenvalue weighted by molar-refractivity contribution is 0.673. The number of hydrogen-bond donors (Lipinski definition) is 1. The molecule has 0 amide bonds. The fourth-order valence-corrected chi connectivity index (χ4v) is 2.77. The third-order valence-electron chi connectivity index (χ3n) is 3.79. The van der Waals surface area contributed by atoms with Crippen molar-refractivity contribution in [3.05, 3.63) is 76.2 Å². The van der Waals surface area contributed by atoms with Crippen molar-refractivity contribution in [3.63, 3.8) is 0 Å². The molecule has 0 radical (unpaired) electrons. The van der Waals surface area contributed by atoms with Crippen molar-refractivity contribution in [2.75, 3.05) is 0 Å². The number of rotatable bonds is 1. The van der Waals surface area contributed by atoms with Crippen LogP contribution in [0.15, 0.2) is 64.4 Å². The van der Waals surface area contributed by atoms with E-state index in [1.54, 1.807) is 10.9 Å². The zero-order chi connectivity index (χ0) is 13.5. The molecule has 2 aliphatic rings. The standard InChI is InChI=1S/C16H13N3O/c20-16-13-10-17-14-9-5-4-8-12(14)15(13)18-19(16)11-6-2-1-3-7-11/h1-10,12,14,18H. The van der Waals surface area contributed by atoms with E-state index in [1.807, 2.05) is 42.5 Å². The largest absolute Gasteiger partial charge is 0.294 e. The summed E-state index contributed by atoms with van der Waals surface area (Å²) in [5, 5.41) is 3.25. The molecule has 0 spiro atoms. The minimum Gasteiger partial charge on any atom is -0.294 e. The zero-order valence-corrected chi connectivity index (χ0v) is 10.7. The van der Waals surface area contributed by atoms with Gasteiger partial charge in [-0.05, 0) is 12.1 Å². The minimum absolute atomic E-state index is 0.0450. The van der Waals surface area contributed by atoms with Crippen LogP contribution >= 0.6 is 0 Å². The first-order chi connectivity index (χ1) is 9.84. The number of nitrogens with zero attached hydrogens (tertiary/aromatic N) is 2. The van der Waals surface area contributed by atoms with E-state index < -0.39 is 0 Å². The van der Waals surface area contributed by atoms with Crippen LogP contribution in [0.1, 0.15) is 17.2 Å². The lowest BCUT2D eigenvalue weighted by Gasteiger charge is -2.23. The van der Waals surface area contributed by atoms with E-state index in [0.717, 1.165) is 11.4 Å². The van der Waals surface area contributed by atoms with Crippen molar-refractivity contribution in [2.45, 2.75) is 12.0 Å². The number of hydrogen-bond acceptors (Lipinski definition) is 2. The number of aliphatic imine (C=N–C) groups is 1. The zero-order valence-electron chi connectivity index (χ0n) is 10.7. The van der Waals surface area contributed by atoms with Gasteiger partial charge in [0, 0.05) is 12.1 Å². The van der Waals surface area contributed by atoms with Gasteiger partial charge in [-0.25, -0.2) is 4.68 Å². The van der Waals surface area contributed by atoms with E-state index in [9.17, 15) is 4.79 Å². The number of fused-ring (bicyclic) bond motifs is 3. The summed E-state index contributed by atoms with van der Waals surface area (Å²) in [5.41, 5.74) is 2.40. The quantitative estimate of drug-likeness (QED) is 0.842. The molecule has 1 aliphatic heterocycles. The van der Waals surface area contributed by atoms with E-state index in [-0.39, 0.29) is 17.5 Å². The second-order valence-electron chi connectivity index (χ2n) is 4.98. The predicted molar refractivity (Wildman–Crippen MR) is 78.8 cm³/mol. The third kappa shape index (κ3) is 1.54. The average molecular weight is 263 g/mol. The Labute approximate surface area is 115 Å². The summed E-state index contributed by atoms with van der Waals surface area (Å²) in [6, 6.07) is 9.69. The normalized spacial score (nSPS) is 22.6. The SMILES string of the molecule is O=c1c2c([nH]n1-c1ccccc1)C1C=CC=CC1N=C2. The van der Waals surface area contributed by atoms with E-state index in [1.165, 1.54) is 0 Å². The number of H-pyrrole nitrogens is 1. The molecule has 4 rings (SSSR count). The maximum Gasteiger partial charge on any atom is 0.280 e. The summed E-state index contributed by atoms with van der Waals surface area (Å²) in [7, 11) is 0. The number of aromatic amines is 1. The molecule has 2 aromatic rings. The highest BCUT2D eigenvalue weighted by molar-refractivity contribution is 5.83. The van der Waals surface area contributed by atoms with Gasteiger partial charge in [0.2, 0.25) is 0 Å². The van der Waals surface area contributed by atoms with E-state index in [2.05, 4.69) is 22.2 Å². The molecule has 20 heavy (non-hydrogen) atoms. The minimum atomic E-state index is -0.0450. The monoisotopic (exact) mass is 263 g/mol. The van der Waals surface area contributed by atoms with Gasteiger partial charge in [0.25, 0.3) is 5.56 Å². The fourth-order valence-electron chi connectivity index (χ4n) is 2.77. The maximum atomic E-state index is 12.5. The molecule has 0 saturated carbocycles. The Kier molecular flexibility index (Phi) is 2.36. The summed E-state index contributed by atoms with van der Waals surface area (Å²) < 4.78 is 1.59. The molecule has 2 heterocycles. The van der Waals surface area contributed by atoms with Crippen LogP contribution in [0.5, 0.6) is 0 Å². The highest BCUT2D eigenvalue weighted by Gasteiger charge is 2.29. The van der Waals surface area contributed by atoms with Crippen LogP contribution in [0.25, 0.3) is 5.69 Å². The Morgan fingerprint density at radius 2 is 1.90 bits per heavy atom. The van der Waals surface area contributed by atoms with Gasteiger partial charge in [0.05, 0.1) is 23.0 Å². The molecule has 98 valence electrons. The lowest BCUT2D eigenvalue weighted by Crippen LogP contribution is -2.22. The van der Waals surface area contributed by atoms with Gasteiger partial charge in [-0.1, -0.05) is 42.5 Å². The molecule has 2 unspecified atom stereocenters. The van der Waals surface area contributed by atoms with Crippen LogP contribution in [0.4, 0.5) is 0 Å². The van der Waals surface area contributed by atoms with Gasteiger partial charge in [-0.15, -0.1) is 0 Å². The van der Waals surface area contributed by atoms with Gasteiger partial charge in [0.15, 0.2) is 0 Å². The molecule has 0 saturated heterocycles. The molecular formula is C16H13N3O. The molecule has 1 N–H and O–H groups in total. The molecule has 4 heteroatoms. The first kappa shape index (κ1) is 11.2. The Morgan fingerprint density at radius 1 is 1.10 bits per heavy atom. The van der Waals surface area contributed by atoms with E-state index in [4.69, 9.17) is 0 Å². The lowest BCUT2D eigenvalue weighted by atomic mass is 9.88. The van der Waals surface area contributed by atoms with Gasteiger partial charge in [-0.2, -0.15) is 0 Å². The van der Waals surface area contributed by atoms with Crippen molar-refractivity contribution in [2.24, 2.45) is 4.99 Å². The van der Waals surface area contributed by atoms with Gasteiger partial charge in [-0.3, -0.25) is 14.9 Å². The molecule has 0 bridgehead atoms. The number of aromatic nitrogens is 2. The Morgan fingerprint density at radius 3 is 2.75 bits per heavy atom. The summed E-state index contributed by atoms with van der Waals surface area (Å²) in [6.07, 6.45) is 9.84. The van der Waals surface area contributed by atoms with Crippen LogP contribution in [0.3, 0.4) is 0 Å². The molecule has 1 aromatic heterocycles. The second-order valence-corrected chi connectivity index (χ2v) is 4.98. The maximum absolute atomic E-state index is 12.5. The summed E-state index contributed by atoms with van der Waals surface area (Å²) >= 11 is 0. The Hall–Kier alpha value is -2.62. The summed E-state index contributed by atoms with van der Waals surface area (Å²) in [6.45, 7) is 0. The van der Waals surface area contributed by atoms with Crippen molar-refractivity contribution in [1.82, 2.24) is 9.78 Å². The summed E-state index contributed by atoms with van der Waals surface area (Å²) in [4.78, 5) is 17.0. The van der Waals surface area contributed by atoms with Gasteiger partial charge in [0.1, 0.15) is 0 Å². The topological polar surface area (TPSA) is 50.1 Å². The van der Waals surface area contributed by atoms with Crippen molar-refractivity contribution in [3.8, 4) is 5.69 Å². The second kappa shape index (κ2) is 4.20. The average Bonchev–Trinajstić information content (AvgIpc) is 2.86. The van der Waals surface area contributed by atoms with Crippen molar-refractivity contribution in [1.29, 1.82) is 0 Å². The number of para-hydroxylation sites is 1. The Balaban J connectivity index is 1.90. The van der Waals surface area contributed by atoms with Gasteiger partial charge < -0.3 is 0 Å². The fraction of sp³-hybridized carbons (Fsp3) is 0.125. The first-order valence-corrected chi connectivity index (χ1v) is 6.63. The molecular weight excluding hydrogens is 250 g/mol. The number of benzene rings is 1. The third-order valence-corrected chi connectivity index (χ3v) is 3.79. The predicted octanol–water partition coefficient (Wildman–Crippen LogP) is 2.18.